The lowest BCUT2D eigenvalue weighted by Gasteiger charge is -2.53. The van der Waals surface area contributed by atoms with Crippen LogP contribution in [0.5, 0.6) is 0 Å². The fourth-order valence-corrected chi connectivity index (χ4v) is 3.31. The lowest BCUT2D eigenvalue weighted by molar-refractivity contribution is -0.485. The van der Waals surface area contributed by atoms with Crippen molar-refractivity contribution < 1.29 is 53.4 Å². The van der Waals surface area contributed by atoms with Crippen LogP contribution in [-0.4, -0.2) is 50.9 Å². The summed E-state index contributed by atoms with van der Waals surface area (Å²) in [4.78, 5) is 0. The zero-order valence-corrected chi connectivity index (χ0v) is 13.5. The Kier molecular flexibility index (Phi) is 5.47. The molecule has 0 aromatic carbocycles. The number of alkyl halides is 12. The molecule has 1 rings (SSSR count). The summed E-state index contributed by atoms with van der Waals surface area (Å²) in [5.41, 5.74) is -5.92. The molecule has 0 spiro atoms. The Hall–Kier alpha value is -0.0800. The van der Waals surface area contributed by atoms with Crippen LogP contribution >= 0.6 is 22.6 Å². The van der Waals surface area contributed by atoms with Crippen LogP contribution < -0.4 is 0 Å². The summed E-state index contributed by atoms with van der Waals surface area (Å²) in [6.07, 6.45) is -2.97. The van der Waals surface area contributed by atoms with E-state index in [1.807, 2.05) is 0 Å². The lowest BCUT2D eigenvalue weighted by atomic mass is 9.70. The zero-order chi connectivity index (χ0) is 19.4. The van der Waals surface area contributed by atoms with Gasteiger partial charge >= 0.3 is 29.6 Å². The summed E-state index contributed by atoms with van der Waals surface area (Å²) in [5, 5.41) is 8.49. The van der Waals surface area contributed by atoms with E-state index in [9.17, 15) is 48.3 Å². The van der Waals surface area contributed by atoms with E-state index in [0.717, 1.165) is 22.6 Å². The SMILES string of the molecule is OCCCC(I)CC1(F)C(F)(F)C(F)(F)C(F)(F)C(F)(F)C1(F)F. The molecule has 0 aromatic rings. The predicted molar refractivity (Wildman–Crippen MR) is 67.3 cm³/mol. The first-order chi connectivity index (χ1) is 10.5. The van der Waals surface area contributed by atoms with E-state index < -0.39 is 58.7 Å². The van der Waals surface area contributed by atoms with Crippen molar-refractivity contribution in [2.45, 2.75) is 58.5 Å². The van der Waals surface area contributed by atoms with E-state index in [1.165, 1.54) is 0 Å². The second-order valence-corrected chi connectivity index (χ2v) is 7.10. The Balaban J connectivity index is 3.51. The van der Waals surface area contributed by atoms with Crippen LogP contribution in [0.4, 0.5) is 48.3 Å². The Morgan fingerprint density at radius 1 is 0.667 bits per heavy atom. The molecule has 13 heteroatoms. The third-order valence-corrected chi connectivity index (χ3v) is 4.81. The van der Waals surface area contributed by atoms with Gasteiger partial charge in [-0.25, -0.2) is 4.39 Å². The smallest absolute Gasteiger partial charge is 0.384 e. The van der Waals surface area contributed by atoms with Crippen molar-refractivity contribution in [2.75, 3.05) is 6.61 Å². The molecule has 24 heavy (non-hydrogen) atoms. The molecule has 0 saturated heterocycles. The molecule has 1 aliphatic rings. The topological polar surface area (TPSA) is 20.2 Å². The molecule has 144 valence electrons. The van der Waals surface area contributed by atoms with Crippen LogP contribution in [0, 0.1) is 0 Å². The van der Waals surface area contributed by atoms with Crippen molar-refractivity contribution >= 4 is 22.6 Å². The van der Waals surface area contributed by atoms with Gasteiger partial charge in [0, 0.05) is 17.0 Å². The first-order valence-corrected chi connectivity index (χ1v) is 7.53. The van der Waals surface area contributed by atoms with Gasteiger partial charge in [0.1, 0.15) is 0 Å². The molecule has 0 heterocycles. The first kappa shape index (κ1) is 22.0. The maximum atomic E-state index is 14.3. The van der Waals surface area contributed by atoms with Gasteiger partial charge in [0.2, 0.25) is 0 Å². The van der Waals surface area contributed by atoms with Crippen LogP contribution in [0.3, 0.4) is 0 Å². The van der Waals surface area contributed by atoms with Crippen molar-refractivity contribution in [3.63, 3.8) is 0 Å². The maximum Gasteiger partial charge on any atom is 0.384 e. The van der Waals surface area contributed by atoms with E-state index >= 15 is 0 Å². The van der Waals surface area contributed by atoms with E-state index in [1.54, 1.807) is 0 Å². The summed E-state index contributed by atoms with van der Waals surface area (Å²) < 4.78 is 146. The standard InChI is InChI=1S/C11H10F11IO/c12-6(4-5(23)2-1-3-24)7(13,14)9(17,18)11(21,22)10(19,20)8(6,15)16/h5,24H,1-4H2. The average Bonchev–Trinajstić information content (AvgIpc) is 2.42. The predicted octanol–water partition coefficient (Wildman–Crippen LogP) is 4.85. The minimum Gasteiger partial charge on any atom is -0.396 e. The molecule has 0 aromatic heterocycles. The summed E-state index contributed by atoms with van der Waals surface area (Å²) in [5.74, 6) is -34.8. The molecule has 1 unspecified atom stereocenters. The van der Waals surface area contributed by atoms with Crippen LogP contribution in [0.1, 0.15) is 19.3 Å². The molecule has 1 atom stereocenters. The highest BCUT2D eigenvalue weighted by Gasteiger charge is 3.00. The molecule has 0 amide bonds. The molecular formula is C11H10F11IO. The van der Waals surface area contributed by atoms with Crippen molar-refractivity contribution in [1.82, 2.24) is 0 Å². The molecule has 0 aliphatic heterocycles. The number of aliphatic hydroxyl groups excluding tert-OH is 1. The van der Waals surface area contributed by atoms with Gasteiger partial charge < -0.3 is 5.11 Å². The number of aliphatic hydroxyl groups is 1. The van der Waals surface area contributed by atoms with E-state index in [0.29, 0.717) is 0 Å². The highest BCUT2D eigenvalue weighted by molar-refractivity contribution is 14.1. The molecule has 1 aliphatic carbocycles. The van der Waals surface area contributed by atoms with Gasteiger partial charge in [-0.2, -0.15) is 43.9 Å². The molecule has 1 saturated carbocycles. The third kappa shape index (κ3) is 2.42. The highest BCUT2D eigenvalue weighted by atomic mass is 127. The zero-order valence-electron chi connectivity index (χ0n) is 11.4. The van der Waals surface area contributed by atoms with Gasteiger partial charge in [0.05, 0.1) is 0 Å². The van der Waals surface area contributed by atoms with Gasteiger partial charge in [-0.3, -0.25) is 0 Å². The maximum absolute atomic E-state index is 14.3. The van der Waals surface area contributed by atoms with Gasteiger partial charge in [0.15, 0.2) is 0 Å². The molecule has 1 N–H and O–H groups in total. The lowest BCUT2D eigenvalue weighted by Crippen LogP contribution is -2.83. The van der Waals surface area contributed by atoms with E-state index in [-0.39, 0.29) is 6.42 Å². The van der Waals surface area contributed by atoms with Crippen molar-refractivity contribution in [1.29, 1.82) is 0 Å². The summed E-state index contributed by atoms with van der Waals surface area (Å²) in [6.45, 7) is -0.601. The van der Waals surface area contributed by atoms with Gasteiger partial charge in [-0.1, -0.05) is 22.6 Å². The normalized spacial score (nSPS) is 29.9. The van der Waals surface area contributed by atoms with Crippen molar-refractivity contribution in [2.24, 2.45) is 0 Å². The summed E-state index contributed by atoms with van der Waals surface area (Å²) >= 11 is 1.05. The van der Waals surface area contributed by atoms with Gasteiger partial charge in [-0.05, 0) is 12.8 Å². The quantitative estimate of drug-likeness (QED) is 0.330. The van der Waals surface area contributed by atoms with Crippen molar-refractivity contribution in [3.05, 3.63) is 0 Å². The highest BCUT2D eigenvalue weighted by Crippen LogP contribution is 2.70. The van der Waals surface area contributed by atoms with Crippen LogP contribution in [-0.2, 0) is 0 Å². The Morgan fingerprint density at radius 2 is 1.00 bits per heavy atom. The third-order valence-electron chi connectivity index (χ3n) is 3.75. The number of hydrogen-bond donors (Lipinski definition) is 1. The van der Waals surface area contributed by atoms with Gasteiger partial charge in [0.25, 0.3) is 5.67 Å². The fourth-order valence-electron chi connectivity index (χ4n) is 2.26. The second-order valence-electron chi connectivity index (χ2n) is 5.34. The van der Waals surface area contributed by atoms with E-state index in [4.69, 9.17) is 5.11 Å². The Labute approximate surface area is 141 Å². The van der Waals surface area contributed by atoms with Crippen LogP contribution in [0.15, 0.2) is 0 Å². The molecule has 1 fully saturated rings. The molecular weight excluding hydrogens is 484 g/mol. The van der Waals surface area contributed by atoms with E-state index in [2.05, 4.69) is 0 Å². The Morgan fingerprint density at radius 3 is 1.33 bits per heavy atom. The average molecular weight is 494 g/mol. The molecule has 0 bridgehead atoms. The monoisotopic (exact) mass is 494 g/mol. The minimum atomic E-state index is -7.17. The van der Waals surface area contributed by atoms with Crippen molar-refractivity contribution in [3.8, 4) is 0 Å². The van der Waals surface area contributed by atoms with Gasteiger partial charge in [-0.15, -0.1) is 0 Å². The molecule has 1 nitrogen and oxygen atoms in total. The fraction of sp³-hybridized carbons (Fsp3) is 1.00. The minimum absolute atomic E-state index is 0.260. The number of rotatable bonds is 5. The van der Waals surface area contributed by atoms with Crippen LogP contribution in [0.25, 0.3) is 0 Å². The number of halogens is 12. The number of hydrogen-bond acceptors (Lipinski definition) is 1. The molecule has 0 radical (unpaired) electrons. The summed E-state index contributed by atoms with van der Waals surface area (Å²) in [7, 11) is 0. The second kappa shape index (κ2) is 5.98. The summed E-state index contributed by atoms with van der Waals surface area (Å²) in [6, 6.07) is 0. The largest absolute Gasteiger partial charge is 0.396 e. The van der Waals surface area contributed by atoms with Crippen LogP contribution in [0.2, 0.25) is 0 Å². The first-order valence-electron chi connectivity index (χ1n) is 6.28. The Bertz CT molecular complexity index is 449.